The number of carbonyl (C=O) groups excluding carboxylic acids is 3. The van der Waals surface area contributed by atoms with E-state index in [0.29, 0.717) is 12.1 Å². The lowest BCUT2D eigenvalue weighted by atomic mass is 10.1. The first-order valence-electron chi connectivity index (χ1n) is 10.4. The first-order valence-corrected chi connectivity index (χ1v) is 11.3. The van der Waals surface area contributed by atoms with Crippen LogP contribution >= 0.6 is 11.8 Å². The first kappa shape index (κ1) is 22.4. The molecular formula is C25H21N3O4S. The third-order valence-corrected chi connectivity index (χ3v) is 6.31. The highest BCUT2D eigenvalue weighted by atomic mass is 32.2. The van der Waals surface area contributed by atoms with E-state index in [1.807, 2.05) is 53.2 Å². The summed E-state index contributed by atoms with van der Waals surface area (Å²) in [5.41, 5.74) is 3.20. The van der Waals surface area contributed by atoms with Crippen LogP contribution in [0.5, 0.6) is 0 Å². The highest BCUT2D eigenvalue weighted by Gasteiger charge is 2.41. The Bertz CT molecular complexity index is 1330. The zero-order valence-corrected chi connectivity index (χ0v) is 19.0. The number of nitrogens with zero attached hydrogens (tertiary/aromatic N) is 3. The number of rotatable bonds is 6. The van der Waals surface area contributed by atoms with Crippen molar-refractivity contribution in [2.45, 2.75) is 26.4 Å². The zero-order valence-electron chi connectivity index (χ0n) is 18.1. The second-order valence-corrected chi connectivity index (χ2v) is 8.47. The smallest absolute Gasteiger partial charge is 0.329 e. The fourth-order valence-corrected chi connectivity index (χ4v) is 4.69. The van der Waals surface area contributed by atoms with Crippen molar-refractivity contribution in [2.24, 2.45) is 0 Å². The van der Waals surface area contributed by atoms with Crippen LogP contribution in [0.3, 0.4) is 0 Å². The maximum atomic E-state index is 13.0. The summed E-state index contributed by atoms with van der Waals surface area (Å²) in [5, 5.41) is 9.84. The molecule has 1 fully saturated rings. The average Bonchev–Trinajstić information content (AvgIpc) is 3.30. The van der Waals surface area contributed by atoms with Gasteiger partial charge in [0, 0.05) is 29.2 Å². The minimum atomic E-state index is -0.993. The van der Waals surface area contributed by atoms with Crippen molar-refractivity contribution in [3.8, 4) is 6.07 Å². The van der Waals surface area contributed by atoms with E-state index in [1.54, 1.807) is 19.1 Å². The van der Waals surface area contributed by atoms with Gasteiger partial charge < -0.3 is 9.30 Å². The number of para-hydroxylation sites is 1. The van der Waals surface area contributed by atoms with Gasteiger partial charge in [0.15, 0.2) is 0 Å². The van der Waals surface area contributed by atoms with E-state index in [-0.39, 0.29) is 11.5 Å². The van der Waals surface area contributed by atoms with Crippen molar-refractivity contribution in [2.75, 3.05) is 6.61 Å². The van der Waals surface area contributed by atoms with Gasteiger partial charge in [-0.1, -0.05) is 36.4 Å². The Kier molecular flexibility index (Phi) is 6.33. The van der Waals surface area contributed by atoms with E-state index in [0.717, 1.165) is 38.7 Å². The van der Waals surface area contributed by atoms with E-state index in [9.17, 15) is 19.6 Å². The molecule has 0 spiro atoms. The Morgan fingerprint density at radius 1 is 1.18 bits per heavy atom. The van der Waals surface area contributed by atoms with Crippen LogP contribution in [0.25, 0.3) is 17.0 Å². The summed E-state index contributed by atoms with van der Waals surface area (Å²) < 4.78 is 6.98. The first-order chi connectivity index (χ1) is 15.9. The van der Waals surface area contributed by atoms with Crippen LogP contribution < -0.4 is 0 Å². The number of aromatic nitrogens is 1. The molecule has 3 aromatic rings. The van der Waals surface area contributed by atoms with Crippen molar-refractivity contribution in [3.63, 3.8) is 0 Å². The molecule has 2 amide bonds. The molecule has 33 heavy (non-hydrogen) atoms. The van der Waals surface area contributed by atoms with E-state index >= 15 is 0 Å². The number of nitriles is 1. The minimum Gasteiger partial charge on any atom is -0.464 e. The summed E-state index contributed by atoms with van der Waals surface area (Å²) in [7, 11) is 0. The van der Waals surface area contributed by atoms with Crippen LogP contribution in [0.2, 0.25) is 0 Å². The number of esters is 1. The summed E-state index contributed by atoms with van der Waals surface area (Å²) in [6, 6.07) is 16.4. The molecule has 0 radical (unpaired) electrons. The van der Waals surface area contributed by atoms with Gasteiger partial charge in [0.2, 0.25) is 0 Å². The van der Waals surface area contributed by atoms with E-state index in [1.165, 1.54) is 6.92 Å². The number of carbonyl (C=O) groups is 3. The summed E-state index contributed by atoms with van der Waals surface area (Å²) in [4.78, 5) is 38.7. The molecule has 1 aliphatic rings. The summed E-state index contributed by atoms with van der Waals surface area (Å²) in [6.45, 7) is 3.81. The monoisotopic (exact) mass is 459 g/mol. The van der Waals surface area contributed by atoms with E-state index in [4.69, 9.17) is 4.74 Å². The van der Waals surface area contributed by atoms with E-state index < -0.39 is 23.2 Å². The Hall–Kier alpha value is -3.83. The SMILES string of the molecule is CCOC(=O)C(C)N1C(=O)S/C(=C\c2cn(Cc3ccccc3C#N)c3ccccc23)C1=O. The summed E-state index contributed by atoms with van der Waals surface area (Å²) in [5.74, 6) is -1.13. The third-order valence-electron chi connectivity index (χ3n) is 5.42. The van der Waals surface area contributed by atoms with Gasteiger partial charge in [0.1, 0.15) is 6.04 Å². The highest BCUT2D eigenvalue weighted by Crippen LogP contribution is 2.35. The van der Waals surface area contributed by atoms with Gasteiger partial charge in [-0.05, 0) is 49.4 Å². The minimum absolute atomic E-state index is 0.170. The van der Waals surface area contributed by atoms with Gasteiger partial charge in [-0.3, -0.25) is 14.5 Å². The Labute approximate surface area is 195 Å². The molecule has 0 saturated carbocycles. The molecule has 1 saturated heterocycles. The molecule has 1 aromatic heterocycles. The van der Waals surface area contributed by atoms with Crippen LogP contribution in [-0.4, -0.2) is 39.2 Å². The number of amides is 2. The molecule has 2 heterocycles. The molecule has 7 nitrogen and oxygen atoms in total. The second kappa shape index (κ2) is 9.35. The number of benzene rings is 2. The van der Waals surface area contributed by atoms with Crippen molar-refractivity contribution in [1.29, 1.82) is 5.26 Å². The van der Waals surface area contributed by atoms with Crippen molar-refractivity contribution >= 4 is 45.9 Å². The predicted octanol–water partition coefficient (Wildman–Crippen LogP) is 4.55. The van der Waals surface area contributed by atoms with Crippen molar-refractivity contribution < 1.29 is 19.1 Å². The molecule has 1 unspecified atom stereocenters. The largest absolute Gasteiger partial charge is 0.464 e. The third kappa shape index (κ3) is 4.28. The standard InChI is InChI=1S/C25H21N3O4S/c1-3-32-24(30)16(2)28-23(29)22(33-25(28)31)12-19-15-27(21-11-7-6-10-20(19)21)14-18-9-5-4-8-17(18)13-26/h4-12,15-16H,3,14H2,1-2H3/b22-12-. The highest BCUT2D eigenvalue weighted by molar-refractivity contribution is 8.18. The molecule has 4 rings (SSSR count). The maximum absolute atomic E-state index is 13.0. The normalized spacial score (nSPS) is 15.8. The number of imide groups is 1. The molecule has 0 aliphatic carbocycles. The number of thioether (sulfide) groups is 1. The predicted molar refractivity (Wildman–Crippen MR) is 126 cm³/mol. The molecule has 166 valence electrons. The van der Waals surface area contributed by atoms with Crippen LogP contribution in [0.1, 0.15) is 30.5 Å². The molecule has 0 N–H and O–H groups in total. The topological polar surface area (TPSA) is 92.4 Å². The number of hydrogen-bond donors (Lipinski definition) is 0. The van der Waals surface area contributed by atoms with Gasteiger partial charge in [-0.25, -0.2) is 4.79 Å². The van der Waals surface area contributed by atoms with Gasteiger partial charge in [0.25, 0.3) is 11.1 Å². The van der Waals surface area contributed by atoms with Crippen LogP contribution in [-0.2, 0) is 20.9 Å². The van der Waals surface area contributed by atoms with Crippen LogP contribution in [0.15, 0.2) is 59.6 Å². The average molecular weight is 460 g/mol. The Morgan fingerprint density at radius 2 is 1.91 bits per heavy atom. The number of fused-ring (bicyclic) bond motifs is 1. The lowest BCUT2D eigenvalue weighted by molar-refractivity contribution is -0.150. The Balaban J connectivity index is 1.70. The van der Waals surface area contributed by atoms with Crippen LogP contribution in [0, 0.1) is 11.3 Å². The molecule has 2 aromatic carbocycles. The lowest BCUT2D eigenvalue weighted by Gasteiger charge is -2.19. The molecular weight excluding hydrogens is 438 g/mol. The molecule has 8 heteroatoms. The summed E-state index contributed by atoms with van der Waals surface area (Å²) >= 11 is 0.807. The zero-order chi connectivity index (χ0) is 23.5. The molecule has 1 atom stereocenters. The fraction of sp³-hybridized carbons (Fsp3) is 0.200. The van der Waals surface area contributed by atoms with Gasteiger partial charge in [-0.15, -0.1) is 0 Å². The van der Waals surface area contributed by atoms with E-state index in [2.05, 4.69) is 6.07 Å². The quantitative estimate of drug-likeness (QED) is 0.397. The maximum Gasteiger partial charge on any atom is 0.329 e. The van der Waals surface area contributed by atoms with Gasteiger partial charge in [0.05, 0.1) is 23.1 Å². The van der Waals surface area contributed by atoms with Gasteiger partial charge >= 0.3 is 5.97 Å². The van der Waals surface area contributed by atoms with Crippen molar-refractivity contribution in [3.05, 3.63) is 76.3 Å². The molecule has 1 aliphatic heterocycles. The molecule has 0 bridgehead atoms. The number of hydrogen-bond acceptors (Lipinski definition) is 6. The van der Waals surface area contributed by atoms with Crippen molar-refractivity contribution in [1.82, 2.24) is 9.47 Å². The van der Waals surface area contributed by atoms with Crippen LogP contribution in [0.4, 0.5) is 4.79 Å². The Morgan fingerprint density at radius 3 is 2.67 bits per heavy atom. The summed E-state index contributed by atoms with van der Waals surface area (Å²) in [6.07, 6.45) is 3.58. The van der Waals surface area contributed by atoms with Gasteiger partial charge in [-0.2, -0.15) is 5.26 Å². The second-order valence-electron chi connectivity index (χ2n) is 7.48. The lowest BCUT2D eigenvalue weighted by Crippen LogP contribution is -2.42. The number of ether oxygens (including phenoxy) is 1. The fourth-order valence-electron chi connectivity index (χ4n) is 3.80.